The molecule has 2 nitrogen and oxygen atoms in total. The minimum absolute atomic E-state index is 0.345. The van der Waals surface area contributed by atoms with E-state index in [1.54, 1.807) is 0 Å². The molecular formula is C17H17ClN2S. The van der Waals surface area contributed by atoms with Crippen molar-refractivity contribution < 1.29 is 0 Å². The first-order valence-corrected chi connectivity index (χ1v) is 7.91. The lowest BCUT2D eigenvalue weighted by Crippen LogP contribution is -2.22. The van der Waals surface area contributed by atoms with Crippen molar-refractivity contribution in [1.29, 1.82) is 0 Å². The average molecular weight is 317 g/mol. The van der Waals surface area contributed by atoms with Gasteiger partial charge in [0, 0.05) is 12.2 Å². The lowest BCUT2D eigenvalue weighted by molar-refractivity contribution is 0.761. The highest BCUT2D eigenvalue weighted by atomic mass is 35.5. The molecule has 2 aromatic rings. The first kappa shape index (κ1) is 14.4. The highest BCUT2D eigenvalue weighted by Crippen LogP contribution is 2.36. The van der Waals surface area contributed by atoms with Crippen LogP contribution >= 0.6 is 23.8 Å². The topological polar surface area (TPSA) is 29.3 Å². The Bertz CT molecular complexity index is 684. The second-order valence-electron chi connectivity index (χ2n) is 5.24. The van der Waals surface area contributed by atoms with Crippen molar-refractivity contribution in [2.24, 2.45) is 5.73 Å². The number of halogens is 1. The van der Waals surface area contributed by atoms with Crippen LogP contribution in [0.5, 0.6) is 0 Å². The van der Waals surface area contributed by atoms with Crippen molar-refractivity contribution in [3.63, 3.8) is 0 Å². The monoisotopic (exact) mass is 316 g/mol. The van der Waals surface area contributed by atoms with Crippen LogP contribution in [-0.2, 0) is 6.42 Å². The van der Waals surface area contributed by atoms with Gasteiger partial charge in [-0.1, -0.05) is 48.1 Å². The predicted octanol–water partition coefficient (Wildman–Crippen LogP) is 4.45. The molecule has 3 rings (SSSR count). The summed E-state index contributed by atoms with van der Waals surface area (Å²) in [5.74, 6) is 0. The molecule has 1 aliphatic rings. The molecule has 0 fully saturated rings. The minimum Gasteiger partial charge on any atom is -0.389 e. The molecule has 2 aromatic carbocycles. The van der Waals surface area contributed by atoms with Crippen molar-refractivity contribution in [2.45, 2.75) is 19.3 Å². The maximum absolute atomic E-state index is 6.32. The Morgan fingerprint density at radius 3 is 2.62 bits per heavy atom. The van der Waals surface area contributed by atoms with Gasteiger partial charge in [0.05, 0.1) is 16.3 Å². The third kappa shape index (κ3) is 2.76. The SMILES string of the molecule is NC(=S)c1c(Cl)cccc1N1CCCCc2ccccc21. The summed E-state index contributed by atoms with van der Waals surface area (Å²) in [7, 11) is 0. The Morgan fingerprint density at radius 2 is 1.81 bits per heavy atom. The molecule has 0 unspecified atom stereocenters. The second-order valence-corrected chi connectivity index (χ2v) is 6.08. The van der Waals surface area contributed by atoms with Gasteiger partial charge < -0.3 is 10.6 Å². The number of hydrogen-bond acceptors (Lipinski definition) is 2. The number of aryl methyl sites for hydroxylation is 1. The molecular weight excluding hydrogens is 300 g/mol. The first-order valence-electron chi connectivity index (χ1n) is 7.12. The highest BCUT2D eigenvalue weighted by Gasteiger charge is 2.20. The molecule has 0 atom stereocenters. The van der Waals surface area contributed by atoms with E-state index in [-0.39, 0.29) is 0 Å². The van der Waals surface area contributed by atoms with Crippen molar-refractivity contribution in [2.75, 3.05) is 11.4 Å². The Labute approximate surface area is 135 Å². The van der Waals surface area contributed by atoms with Crippen LogP contribution < -0.4 is 10.6 Å². The molecule has 2 N–H and O–H groups in total. The van der Waals surface area contributed by atoms with Crippen LogP contribution in [0.1, 0.15) is 24.0 Å². The van der Waals surface area contributed by atoms with Gasteiger partial charge in [-0.3, -0.25) is 0 Å². The van der Waals surface area contributed by atoms with E-state index < -0.39 is 0 Å². The van der Waals surface area contributed by atoms with Gasteiger partial charge in [0.25, 0.3) is 0 Å². The van der Waals surface area contributed by atoms with Crippen LogP contribution in [0.4, 0.5) is 11.4 Å². The van der Waals surface area contributed by atoms with E-state index in [2.05, 4.69) is 29.2 Å². The summed E-state index contributed by atoms with van der Waals surface area (Å²) < 4.78 is 0. The fraction of sp³-hybridized carbons (Fsp3) is 0.235. The molecule has 21 heavy (non-hydrogen) atoms. The molecule has 1 heterocycles. The number of nitrogens with zero attached hydrogens (tertiary/aromatic N) is 1. The van der Waals surface area contributed by atoms with Crippen molar-refractivity contribution in [3.05, 3.63) is 58.6 Å². The molecule has 1 aliphatic heterocycles. The van der Waals surface area contributed by atoms with Crippen LogP contribution in [0.15, 0.2) is 42.5 Å². The summed E-state index contributed by atoms with van der Waals surface area (Å²) in [6.07, 6.45) is 3.43. The highest BCUT2D eigenvalue weighted by molar-refractivity contribution is 7.80. The van der Waals surface area contributed by atoms with E-state index in [0.717, 1.165) is 30.6 Å². The van der Waals surface area contributed by atoms with Gasteiger partial charge >= 0.3 is 0 Å². The number of rotatable bonds is 2. The number of thiocarbonyl (C=S) groups is 1. The second kappa shape index (κ2) is 6.04. The average Bonchev–Trinajstić information content (AvgIpc) is 2.68. The van der Waals surface area contributed by atoms with Crippen LogP contribution in [0, 0.1) is 0 Å². The molecule has 0 amide bonds. The van der Waals surface area contributed by atoms with Gasteiger partial charge in [-0.15, -0.1) is 0 Å². The van der Waals surface area contributed by atoms with E-state index in [1.807, 2.05) is 18.2 Å². The van der Waals surface area contributed by atoms with E-state index >= 15 is 0 Å². The molecule has 0 bridgehead atoms. The fourth-order valence-electron chi connectivity index (χ4n) is 2.92. The summed E-state index contributed by atoms with van der Waals surface area (Å²) in [6.45, 7) is 0.951. The molecule has 0 saturated carbocycles. The molecule has 0 saturated heterocycles. The van der Waals surface area contributed by atoms with Crippen LogP contribution in [0.2, 0.25) is 5.02 Å². The zero-order valence-electron chi connectivity index (χ0n) is 11.7. The smallest absolute Gasteiger partial charge is 0.107 e. The van der Waals surface area contributed by atoms with E-state index in [9.17, 15) is 0 Å². The van der Waals surface area contributed by atoms with Crippen molar-refractivity contribution >= 4 is 40.2 Å². The molecule has 108 valence electrons. The van der Waals surface area contributed by atoms with E-state index in [0.29, 0.717) is 10.0 Å². The number of anilines is 2. The molecule has 0 aliphatic carbocycles. The van der Waals surface area contributed by atoms with Gasteiger partial charge in [-0.05, 0) is 43.0 Å². The zero-order valence-corrected chi connectivity index (χ0v) is 13.3. The Hall–Kier alpha value is -1.58. The van der Waals surface area contributed by atoms with Crippen molar-refractivity contribution in [1.82, 2.24) is 0 Å². The predicted molar refractivity (Wildman–Crippen MR) is 93.7 cm³/mol. The number of fused-ring (bicyclic) bond motifs is 1. The third-order valence-corrected chi connectivity index (χ3v) is 4.41. The van der Waals surface area contributed by atoms with E-state index in [1.165, 1.54) is 17.7 Å². The molecule has 0 spiro atoms. The summed E-state index contributed by atoms with van der Waals surface area (Å²) >= 11 is 11.5. The van der Waals surface area contributed by atoms with Gasteiger partial charge in [-0.25, -0.2) is 0 Å². The van der Waals surface area contributed by atoms with Gasteiger partial charge in [0.2, 0.25) is 0 Å². The number of hydrogen-bond donors (Lipinski definition) is 1. The quantitative estimate of drug-likeness (QED) is 0.830. The summed E-state index contributed by atoms with van der Waals surface area (Å²) in [6, 6.07) is 14.3. The number of benzene rings is 2. The van der Waals surface area contributed by atoms with Gasteiger partial charge in [0.1, 0.15) is 4.99 Å². The van der Waals surface area contributed by atoms with Crippen LogP contribution in [0.25, 0.3) is 0 Å². The molecule has 0 aromatic heterocycles. The summed E-state index contributed by atoms with van der Waals surface area (Å²) in [5.41, 5.74) is 10.3. The summed E-state index contributed by atoms with van der Waals surface area (Å²) in [5, 5.41) is 0.613. The Morgan fingerprint density at radius 1 is 1.05 bits per heavy atom. The summed E-state index contributed by atoms with van der Waals surface area (Å²) in [4.78, 5) is 2.64. The maximum Gasteiger partial charge on any atom is 0.107 e. The third-order valence-electron chi connectivity index (χ3n) is 3.89. The largest absolute Gasteiger partial charge is 0.389 e. The van der Waals surface area contributed by atoms with Crippen molar-refractivity contribution in [3.8, 4) is 0 Å². The van der Waals surface area contributed by atoms with E-state index in [4.69, 9.17) is 29.6 Å². The zero-order chi connectivity index (χ0) is 14.8. The van der Waals surface area contributed by atoms with Crippen LogP contribution in [-0.4, -0.2) is 11.5 Å². The molecule has 0 radical (unpaired) electrons. The lowest BCUT2D eigenvalue weighted by Gasteiger charge is -2.27. The van der Waals surface area contributed by atoms with Gasteiger partial charge in [-0.2, -0.15) is 0 Å². The Balaban J connectivity index is 2.17. The van der Waals surface area contributed by atoms with Crippen LogP contribution in [0.3, 0.4) is 0 Å². The maximum atomic E-state index is 6.32. The normalized spacial score (nSPS) is 14.4. The lowest BCUT2D eigenvalue weighted by atomic mass is 10.1. The number of nitrogens with two attached hydrogens (primary N) is 1. The van der Waals surface area contributed by atoms with Gasteiger partial charge in [0.15, 0.2) is 0 Å². The molecule has 4 heteroatoms. The Kier molecular flexibility index (Phi) is 4.13. The number of para-hydroxylation sites is 1. The fourth-order valence-corrected chi connectivity index (χ4v) is 3.47. The minimum atomic E-state index is 0.345. The standard InChI is InChI=1S/C17H17ClN2S/c18-13-8-5-10-15(16(13)17(19)21)20-11-4-3-7-12-6-1-2-9-14(12)20/h1-2,5-6,8-10H,3-4,7,11H2,(H2,19,21). The first-order chi connectivity index (χ1) is 10.2.